The van der Waals surface area contributed by atoms with Crippen LogP contribution in [0, 0.1) is 0 Å². The zero-order valence-electron chi connectivity index (χ0n) is 17.4. The number of hydrogen-bond donors (Lipinski definition) is 0. The Morgan fingerprint density at radius 2 is 0.828 bits per heavy atom. The predicted molar refractivity (Wildman–Crippen MR) is 112 cm³/mol. The lowest BCUT2D eigenvalue weighted by atomic mass is 10.1. The second-order valence-electron chi connectivity index (χ2n) is 6.28. The van der Waals surface area contributed by atoms with Gasteiger partial charge in [-0.05, 0) is 17.4 Å². The quantitative estimate of drug-likeness (QED) is 0.630. The van der Waals surface area contributed by atoms with E-state index in [1.165, 1.54) is 16.0 Å². The molecule has 1 heterocycles. The van der Waals surface area contributed by atoms with E-state index in [0.29, 0.717) is 92.5 Å². The molecule has 0 spiro atoms. The molecule has 166 valence electrons. The van der Waals surface area contributed by atoms with Crippen LogP contribution in [-0.4, -0.2) is 85.5 Å². The van der Waals surface area contributed by atoms with Crippen LogP contribution in [0.5, 0.6) is 0 Å². The SMILES string of the molecule is CSc1c2cccc1COCCOCCOCCOCCOCCOCCOC2. The molecule has 0 N–H and O–H groups in total. The van der Waals surface area contributed by atoms with Crippen LogP contribution in [0.4, 0.5) is 0 Å². The fraction of sp³-hybridized carbons (Fsp3) is 0.714. The van der Waals surface area contributed by atoms with Crippen molar-refractivity contribution < 1.29 is 33.2 Å². The van der Waals surface area contributed by atoms with Crippen LogP contribution >= 0.6 is 11.8 Å². The molecule has 0 fully saturated rings. The Hall–Kier alpha value is -0.710. The van der Waals surface area contributed by atoms with E-state index < -0.39 is 0 Å². The predicted octanol–water partition coefficient (Wildman–Crippen LogP) is 2.54. The molecule has 0 amide bonds. The van der Waals surface area contributed by atoms with Crippen molar-refractivity contribution in [3.8, 4) is 0 Å². The summed E-state index contributed by atoms with van der Waals surface area (Å²) in [5, 5.41) is 0. The zero-order valence-corrected chi connectivity index (χ0v) is 18.2. The third kappa shape index (κ3) is 11.3. The molecule has 1 aliphatic rings. The fourth-order valence-electron chi connectivity index (χ4n) is 2.71. The van der Waals surface area contributed by atoms with Gasteiger partial charge in [0.1, 0.15) is 0 Å². The largest absolute Gasteiger partial charge is 0.377 e. The highest BCUT2D eigenvalue weighted by molar-refractivity contribution is 7.98. The number of fused-ring (bicyclic) bond motifs is 2. The Morgan fingerprint density at radius 3 is 1.14 bits per heavy atom. The summed E-state index contributed by atoms with van der Waals surface area (Å²) in [7, 11) is 0. The minimum Gasteiger partial charge on any atom is -0.377 e. The van der Waals surface area contributed by atoms with Gasteiger partial charge in [0.25, 0.3) is 0 Å². The van der Waals surface area contributed by atoms with Gasteiger partial charge in [0.05, 0.1) is 92.5 Å². The van der Waals surface area contributed by atoms with Gasteiger partial charge in [-0.25, -0.2) is 0 Å². The Morgan fingerprint density at radius 1 is 0.517 bits per heavy atom. The van der Waals surface area contributed by atoms with Crippen LogP contribution in [0.15, 0.2) is 23.1 Å². The molecule has 8 heteroatoms. The summed E-state index contributed by atoms with van der Waals surface area (Å²) in [4.78, 5) is 1.22. The second kappa shape index (κ2) is 17.0. The first-order valence-electron chi connectivity index (χ1n) is 10.1. The van der Waals surface area contributed by atoms with Gasteiger partial charge in [-0.3, -0.25) is 0 Å². The molecule has 0 radical (unpaired) electrons. The molecule has 2 bridgehead atoms. The minimum atomic E-state index is 0.550. The van der Waals surface area contributed by atoms with Gasteiger partial charge in [-0.15, -0.1) is 11.8 Å². The fourth-order valence-corrected chi connectivity index (χ4v) is 3.49. The highest BCUT2D eigenvalue weighted by Gasteiger charge is 2.08. The van der Waals surface area contributed by atoms with Gasteiger partial charge < -0.3 is 33.2 Å². The van der Waals surface area contributed by atoms with Crippen molar-refractivity contribution in [3.05, 3.63) is 29.3 Å². The van der Waals surface area contributed by atoms with Crippen molar-refractivity contribution >= 4 is 11.8 Å². The molecule has 1 aromatic carbocycles. The van der Waals surface area contributed by atoms with Crippen molar-refractivity contribution in [1.82, 2.24) is 0 Å². The maximum absolute atomic E-state index is 5.78. The van der Waals surface area contributed by atoms with Crippen LogP contribution in [-0.2, 0) is 46.4 Å². The van der Waals surface area contributed by atoms with E-state index in [-0.39, 0.29) is 0 Å². The standard InChI is InChI=1S/C21H34O7S/c1-29-21-19-3-2-4-20(21)18-28-16-14-26-12-10-24-8-6-22-5-7-23-9-11-25-13-15-27-17-19/h2-4H,5-18H2,1H3. The van der Waals surface area contributed by atoms with Crippen molar-refractivity contribution in [2.45, 2.75) is 18.1 Å². The van der Waals surface area contributed by atoms with Crippen molar-refractivity contribution in [2.75, 3.05) is 85.5 Å². The average Bonchev–Trinajstić information content (AvgIpc) is 2.74. The average molecular weight is 431 g/mol. The third-order valence-corrected chi connectivity index (χ3v) is 5.06. The first kappa shape index (κ1) is 24.6. The number of rotatable bonds is 1. The number of benzene rings is 1. The maximum Gasteiger partial charge on any atom is 0.0729 e. The molecular weight excluding hydrogens is 396 g/mol. The monoisotopic (exact) mass is 430 g/mol. The van der Waals surface area contributed by atoms with Gasteiger partial charge in [0, 0.05) is 4.90 Å². The van der Waals surface area contributed by atoms with Gasteiger partial charge in [-0.1, -0.05) is 18.2 Å². The zero-order chi connectivity index (χ0) is 20.4. The van der Waals surface area contributed by atoms with Crippen LogP contribution in [0.1, 0.15) is 11.1 Å². The van der Waals surface area contributed by atoms with Gasteiger partial charge in [0.15, 0.2) is 0 Å². The number of ether oxygens (including phenoxy) is 7. The number of thioether (sulfide) groups is 1. The molecule has 7 nitrogen and oxygen atoms in total. The van der Waals surface area contributed by atoms with E-state index in [1.807, 2.05) is 6.07 Å². The van der Waals surface area contributed by atoms with E-state index in [9.17, 15) is 0 Å². The van der Waals surface area contributed by atoms with Crippen LogP contribution in [0.2, 0.25) is 0 Å². The smallest absolute Gasteiger partial charge is 0.0729 e. The Bertz CT molecular complexity index is 490. The lowest BCUT2D eigenvalue weighted by Gasteiger charge is -2.14. The molecule has 0 aliphatic carbocycles. The molecule has 0 aromatic heterocycles. The van der Waals surface area contributed by atoms with Crippen molar-refractivity contribution in [1.29, 1.82) is 0 Å². The van der Waals surface area contributed by atoms with E-state index in [0.717, 1.165) is 0 Å². The van der Waals surface area contributed by atoms with Crippen molar-refractivity contribution in [3.63, 3.8) is 0 Å². The highest BCUT2D eigenvalue weighted by Crippen LogP contribution is 2.26. The minimum absolute atomic E-state index is 0.550. The first-order chi connectivity index (χ1) is 14.4. The summed E-state index contributed by atoms with van der Waals surface area (Å²) in [5.41, 5.74) is 2.34. The third-order valence-electron chi connectivity index (χ3n) is 4.13. The van der Waals surface area contributed by atoms with Gasteiger partial charge in [0.2, 0.25) is 0 Å². The lowest BCUT2D eigenvalue weighted by Crippen LogP contribution is -2.14. The van der Waals surface area contributed by atoms with Crippen molar-refractivity contribution in [2.24, 2.45) is 0 Å². The Labute approximate surface area is 178 Å². The van der Waals surface area contributed by atoms with E-state index in [1.54, 1.807) is 11.8 Å². The Balaban J connectivity index is 1.78. The highest BCUT2D eigenvalue weighted by atomic mass is 32.2. The van der Waals surface area contributed by atoms with Crippen LogP contribution < -0.4 is 0 Å². The summed E-state index contributed by atoms with van der Waals surface area (Å²) in [6.45, 7) is 7.74. The molecule has 1 aromatic rings. The summed E-state index contributed by atoms with van der Waals surface area (Å²) in [5.74, 6) is 0. The summed E-state index contributed by atoms with van der Waals surface area (Å²) < 4.78 is 39.0. The van der Waals surface area contributed by atoms with Crippen LogP contribution in [0.3, 0.4) is 0 Å². The van der Waals surface area contributed by atoms with Gasteiger partial charge >= 0.3 is 0 Å². The molecule has 1 aliphatic heterocycles. The van der Waals surface area contributed by atoms with Gasteiger partial charge in [-0.2, -0.15) is 0 Å². The molecule has 0 saturated heterocycles. The Kier molecular flexibility index (Phi) is 14.4. The van der Waals surface area contributed by atoms with Crippen LogP contribution in [0.25, 0.3) is 0 Å². The first-order valence-corrected chi connectivity index (χ1v) is 11.3. The molecule has 0 unspecified atom stereocenters. The normalized spacial score (nSPS) is 20.6. The molecular formula is C21H34O7S. The molecule has 0 saturated carbocycles. The lowest BCUT2D eigenvalue weighted by molar-refractivity contribution is -0.0223. The van der Waals surface area contributed by atoms with E-state index >= 15 is 0 Å². The second-order valence-corrected chi connectivity index (χ2v) is 7.09. The summed E-state index contributed by atoms with van der Waals surface area (Å²) in [6, 6.07) is 6.24. The van der Waals surface area contributed by atoms with E-state index in [4.69, 9.17) is 33.2 Å². The summed E-state index contributed by atoms with van der Waals surface area (Å²) in [6.07, 6.45) is 2.08. The number of hydrogen-bond acceptors (Lipinski definition) is 8. The van der Waals surface area contributed by atoms with E-state index in [2.05, 4.69) is 18.4 Å². The molecule has 2 rings (SSSR count). The molecule has 0 atom stereocenters. The summed E-state index contributed by atoms with van der Waals surface area (Å²) >= 11 is 1.72. The topological polar surface area (TPSA) is 64.6 Å². The maximum atomic E-state index is 5.78. The molecule has 29 heavy (non-hydrogen) atoms.